The number of hydrogen-bond donors (Lipinski definition) is 0. The second-order valence-corrected chi connectivity index (χ2v) is 11.5. The van der Waals surface area contributed by atoms with E-state index >= 15 is 0 Å². The Morgan fingerprint density at radius 3 is 2.48 bits per heavy atom. The van der Waals surface area contributed by atoms with E-state index in [1.165, 1.54) is 49.4 Å². The van der Waals surface area contributed by atoms with Crippen molar-refractivity contribution in [1.82, 2.24) is 24.6 Å². The molecule has 7 heteroatoms. The molecule has 2 saturated carbocycles. The van der Waals surface area contributed by atoms with Gasteiger partial charge in [0.1, 0.15) is 16.7 Å². The highest BCUT2D eigenvalue weighted by molar-refractivity contribution is 7.99. The molecule has 0 bridgehead atoms. The number of aromatic nitrogens is 4. The summed E-state index contributed by atoms with van der Waals surface area (Å²) >= 11 is 1.90. The first kappa shape index (κ1) is 21.3. The quantitative estimate of drug-likeness (QED) is 0.445. The third-order valence-corrected chi connectivity index (χ3v) is 7.47. The molecule has 2 aromatic rings. The van der Waals surface area contributed by atoms with Crippen molar-refractivity contribution in [3.8, 4) is 0 Å². The predicted molar refractivity (Wildman–Crippen MR) is 127 cm³/mol. The van der Waals surface area contributed by atoms with Crippen molar-refractivity contribution in [2.45, 2.75) is 75.3 Å². The monoisotopic (exact) mass is 440 g/mol. The number of thioether (sulfide) groups is 1. The molecule has 2 aromatic heterocycles. The van der Waals surface area contributed by atoms with Gasteiger partial charge in [-0.05, 0) is 44.7 Å². The van der Waals surface area contributed by atoms with Crippen molar-refractivity contribution in [1.29, 1.82) is 0 Å². The van der Waals surface area contributed by atoms with Gasteiger partial charge in [-0.2, -0.15) is 5.10 Å². The topological polar surface area (TPSA) is 50.1 Å². The maximum atomic E-state index is 4.98. The molecule has 1 saturated heterocycles. The van der Waals surface area contributed by atoms with Gasteiger partial charge >= 0.3 is 0 Å². The zero-order valence-electron chi connectivity index (χ0n) is 19.3. The Morgan fingerprint density at radius 1 is 1.03 bits per heavy atom. The molecule has 3 heterocycles. The van der Waals surface area contributed by atoms with Crippen molar-refractivity contribution in [2.24, 2.45) is 0 Å². The lowest BCUT2D eigenvalue weighted by atomic mass is 9.95. The summed E-state index contributed by atoms with van der Waals surface area (Å²) in [6.45, 7) is 12.2. The van der Waals surface area contributed by atoms with Gasteiger partial charge in [-0.1, -0.05) is 20.8 Å². The lowest BCUT2D eigenvalue weighted by Crippen LogP contribution is -2.47. The smallest absolute Gasteiger partial charge is 0.136 e. The van der Waals surface area contributed by atoms with Crippen LogP contribution in [-0.2, 0) is 5.41 Å². The second kappa shape index (κ2) is 8.74. The first-order valence-electron chi connectivity index (χ1n) is 12.0. The van der Waals surface area contributed by atoms with Crippen molar-refractivity contribution >= 4 is 17.6 Å². The fourth-order valence-corrected chi connectivity index (χ4v) is 4.94. The van der Waals surface area contributed by atoms with Crippen LogP contribution in [-0.4, -0.2) is 63.1 Å². The molecule has 31 heavy (non-hydrogen) atoms. The Hall–Kier alpha value is -1.60. The molecule has 0 unspecified atom stereocenters. The van der Waals surface area contributed by atoms with Crippen LogP contribution < -0.4 is 4.90 Å². The largest absolute Gasteiger partial charge is 0.354 e. The molecule has 3 fully saturated rings. The molecular formula is C24H36N6S. The van der Waals surface area contributed by atoms with E-state index in [9.17, 15) is 0 Å². The highest BCUT2D eigenvalue weighted by Crippen LogP contribution is 2.40. The summed E-state index contributed by atoms with van der Waals surface area (Å²) in [6, 6.07) is 5.12. The summed E-state index contributed by atoms with van der Waals surface area (Å²) in [4.78, 5) is 15.0. The van der Waals surface area contributed by atoms with Crippen molar-refractivity contribution < 1.29 is 0 Å². The lowest BCUT2D eigenvalue weighted by molar-refractivity contribution is 0.258. The summed E-state index contributed by atoms with van der Waals surface area (Å²) in [7, 11) is 0. The molecule has 0 atom stereocenters. The van der Waals surface area contributed by atoms with Gasteiger partial charge in [-0.25, -0.2) is 9.97 Å². The summed E-state index contributed by atoms with van der Waals surface area (Å²) in [6.07, 6.45) is 8.53. The van der Waals surface area contributed by atoms with Gasteiger partial charge in [0.2, 0.25) is 0 Å². The maximum absolute atomic E-state index is 4.98. The highest BCUT2D eigenvalue weighted by Gasteiger charge is 2.30. The zero-order valence-corrected chi connectivity index (χ0v) is 20.1. The number of anilines is 1. The Bertz CT molecular complexity index is 888. The minimum absolute atomic E-state index is 0.00632. The summed E-state index contributed by atoms with van der Waals surface area (Å²) in [5, 5.41) is 5.88. The first-order valence-corrected chi connectivity index (χ1v) is 13.0. The van der Waals surface area contributed by atoms with Gasteiger partial charge in [0.05, 0.1) is 6.04 Å². The van der Waals surface area contributed by atoms with E-state index in [1.807, 2.05) is 11.8 Å². The fraction of sp³-hybridized carbons (Fsp3) is 0.708. The van der Waals surface area contributed by atoms with Crippen LogP contribution in [0.5, 0.6) is 0 Å². The standard InChI is InChI=1S/C24H36N6S/c1-24(2,3)23-25-20(18-5-6-18)17-21(26-23)29-14-12-28(13-15-29)10-4-16-31-22-9-11-30(27-22)19-7-8-19/h9,11,17-19H,4-8,10,12-16H2,1-3H3. The minimum Gasteiger partial charge on any atom is -0.354 e. The van der Waals surface area contributed by atoms with Gasteiger partial charge in [0, 0.05) is 61.2 Å². The van der Waals surface area contributed by atoms with E-state index < -0.39 is 0 Å². The van der Waals surface area contributed by atoms with E-state index in [4.69, 9.17) is 15.1 Å². The van der Waals surface area contributed by atoms with E-state index in [0.717, 1.165) is 43.6 Å². The third-order valence-electron chi connectivity index (χ3n) is 6.47. The number of rotatable bonds is 8. The van der Waals surface area contributed by atoms with Crippen molar-refractivity contribution in [2.75, 3.05) is 43.4 Å². The van der Waals surface area contributed by atoms with Crippen LogP contribution in [0.3, 0.4) is 0 Å². The number of nitrogens with zero attached hydrogens (tertiary/aromatic N) is 6. The third kappa shape index (κ3) is 5.43. The van der Waals surface area contributed by atoms with E-state index in [2.05, 4.69) is 53.6 Å². The van der Waals surface area contributed by atoms with Crippen LogP contribution in [0.4, 0.5) is 5.82 Å². The van der Waals surface area contributed by atoms with E-state index in [1.54, 1.807) is 0 Å². The zero-order chi connectivity index (χ0) is 21.4. The molecule has 5 rings (SSSR count). The average molecular weight is 441 g/mol. The van der Waals surface area contributed by atoms with Gasteiger partial charge < -0.3 is 4.90 Å². The summed E-state index contributed by atoms with van der Waals surface area (Å²) in [5.41, 5.74) is 1.26. The van der Waals surface area contributed by atoms with Crippen LogP contribution in [0.2, 0.25) is 0 Å². The van der Waals surface area contributed by atoms with Gasteiger partial charge in [0.15, 0.2) is 0 Å². The Labute approximate surface area is 190 Å². The van der Waals surface area contributed by atoms with Gasteiger partial charge in [0.25, 0.3) is 0 Å². The molecular weight excluding hydrogens is 404 g/mol. The molecule has 1 aliphatic heterocycles. The SMILES string of the molecule is CC(C)(C)c1nc(C2CC2)cc(N2CCN(CCCSc3ccn(C4CC4)n3)CC2)n1. The molecule has 0 amide bonds. The Morgan fingerprint density at radius 2 is 1.81 bits per heavy atom. The van der Waals surface area contributed by atoms with Crippen molar-refractivity contribution in [3.05, 3.63) is 29.8 Å². The van der Waals surface area contributed by atoms with Crippen LogP contribution in [0.15, 0.2) is 23.4 Å². The second-order valence-electron chi connectivity index (χ2n) is 10.4. The number of hydrogen-bond acceptors (Lipinski definition) is 6. The Kier molecular flexibility index (Phi) is 5.99. The Balaban J connectivity index is 1.09. The predicted octanol–water partition coefficient (Wildman–Crippen LogP) is 4.49. The fourth-order valence-electron chi connectivity index (χ4n) is 4.14. The summed E-state index contributed by atoms with van der Waals surface area (Å²) < 4.78 is 2.15. The highest BCUT2D eigenvalue weighted by atomic mass is 32.2. The molecule has 2 aliphatic carbocycles. The number of piperazine rings is 1. The van der Waals surface area contributed by atoms with E-state index in [-0.39, 0.29) is 5.41 Å². The molecule has 0 N–H and O–H groups in total. The minimum atomic E-state index is -0.00632. The lowest BCUT2D eigenvalue weighted by Gasteiger charge is -2.36. The first-order chi connectivity index (χ1) is 15.0. The van der Waals surface area contributed by atoms with Crippen molar-refractivity contribution in [3.63, 3.8) is 0 Å². The van der Waals surface area contributed by atoms with Gasteiger partial charge in [-0.15, -0.1) is 11.8 Å². The maximum Gasteiger partial charge on any atom is 0.136 e. The molecule has 3 aliphatic rings. The average Bonchev–Trinajstić information content (AvgIpc) is 3.69. The van der Waals surface area contributed by atoms with Crippen LogP contribution >= 0.6 is 11.8 Å². The normalized spacial score (nSPS) is 20.4. The van der Waals surface area contributed by atoms with Gasteiger partial charge in [-0.3, -0.25) is 9.58 Å². The molecule has 0 radical (unpaired) electrons. The van der Waals surface area contributed by atoms with Crippen LogP contribution in [0.25, 0.3) is 0 Å². The molecule has 6 nitrogen and oxygen atoms in total. The van der Waals surface area contributed by atoms with Crippen LogP contribution in [0, 0.1) is 0 Å². The molecule has 0 spiro atoms. The molecule has 168 valence electrons. The van der Waals surface area contributed by atoms with E-state index in [0.29, 0.717) is 12.0 Å². The van der Waals surface area contributed by atoms with Crippen LogP contribution in [0.1, 0.15) is 76.4 Å². The summed E-state index contributed by atoms with van der Waals surface area (Å²) in [5.74, 6) is 3.95. The molecule has 0 aromatic carbocycles.